The Morgan fingerprint density at radius 1 is 1.14 bits per heavy atom. The van der Waals surface area contributed by atoms with E-state index in [4.69, 9.17) is 11.6 Å². The van der Waals surface area contributed by atoms with Crippen LogP contribution in [0.4, 0.5) is 0 Å². The summed E-state index contributed by atoms with van der Waals surface area (Å²) in [5.74, 6) is 0.649. The molecule has 2 aromatic carbocycles. The van der Waals surface area contributed by atoms with Crippen molar-refractivity contribution in [1.82, 2.24) is 25.5 Å². The minimum Gasteiger partial charge on any atom is -0.349 e. The van der Waals surface area contributed by atoms with Gasteiger partial charge in [-0.05, 0) is 52.6 Å². The molecule has 8 heteroatoms. The van der Waals surface area contributed by atoms with Crippen LogP contribution in [0.1, 0.15) is 31.9 Å². The molecule has 146 valence electrons. The van der Waals surface area contributed by atoms with Crippen LogP contribution in [0.2, 0.25) is 5.02 Å². The molecule has 0 spiro atoms. The maximum atomic E-state index is 12.6. The fourth-order valence-corrected chi connectivity index (χ4v) is 3.64. The van der Waals surface area contributed by atoms with Crippen molar-refractivity contribution in [2.75, 3.05) is 5.75 Å². The van der Waals surface area contributed by atoms with E-state index in [0.717, 1.165) is 17.7 Å². The summed E-state index contributed by atoms with van der Waals surface area (Å²) in [6, 6.07) is 17.2. The number of halogens is 1. The van der Waals surface area contributed by atoms with Gasteiger partial charge in [-0.1, -0.05) is 67.5 Å². The molecule has 0 aliphatic heterocycles. The van der Waals surface area contributed by atoms with Gasteiger partial charge in [0.25, 0.3) is 0 Å². The van der Waals surface area contributed by atoms with Gasteiger partial charge in [0.05, 0.1) is 17.5 Å². The van der Waals surface area contributed by atoms with Crippen LogP contribution < -0.4 is 5.32 Å². The number of rotatable bonds is 8. The molecular weight excluding hydrogens is 394 g/mol. The fourth-order valence-electron chi connectivity index (χ4n) is 2.81. The molecule has 0 bridgehead atoms. The molecule has 3 aromatic rings. The van der Waals surface area contributed by atoms with Crippen molar-refractivity contribution in [3.05, 3.63) is 65.2 Å². The van der Waals surface area contributed by atoms with Crippen LogP contribution in [0, 0.1) is 5.92 Å². The molecule has 0 fully saturated rings. The summed E-state index contributed by atoms with van der Waals surface area (Å²) in [5.41, 5.74) is 1.90. The zero-order valence-corrected chi connectivity index (χ0v) is 17.3. The molecule has 0 saturated heterocycles. The molecular formula is C20H22ClN5OS. The monoisotopic (exact) mass is 415 g/mol. The third-order valence-electron chi connectivity index (χ3n) is 4.09. The van der Waals surface area contributed by atoms with Crippen molar-refractivity contribution in [2.45, 2.75) is 31.5 Å². The quantitative estimate of drug-likeness (QED) is 0.555. The Labute approximate surface area is 173 Å². The van der Waals surface area contributed by atoms with Crippen LogP contribution in [-0.4, -0.2) is 31.9 Å². The maximum Gasteiger partial charge on any atom is 0.230 e. The third kappa shape index (κ3) is 5.56. The van der Waals surface area contributed by atoms with Gasteiger partial charge in [-0.3, -0.25) is 4.79 Å². The van der Waals surface area contributed by atoms with Gasteiger partial charge in [0.15, 0.2) is 0 Å². The van der Waals surface area contributed by atoms with E-state index >= 15 is 0 Å². The van der Waals surface area contributed by atoms with Crippen LogP contribution in [0.5, 0.6) is 0 Å². The topological polar surface area (TPSA) is 72.7 Å². The van der Waals surface area contributed by atoms with Gasteiger partial charge in [0, 0.05) is 5.02 Å². The third-order valence-corrected chi connectivity index (χ3v) is 5.26. The van der Waals surface area contributed by atoms with Gasteiger partial charge in [0.1, 0.15) is 0 Å². The lowest BCUT2D eigenvalue weighted by molar-refractivity contribution is -0.119. The molecule has 28 heavy (non-hydrogen) atoms. The zero-order valence-electron chi connectivity index (χ0n) is 15.7. The number of nitrogens with one attached hydrogen (secondary N) is 1. The number of hydrogen-bond acceptors (Lipinski definition) is 5. The van der Waals surface area contributed by atoms with Crippen LogP contribution in [0.3, 0.4) is 0 Å². The number of hydrogen-bond donors (Lipinski definition) is 1. The first-order chi connectivity index (χ1) is 13.5. The number of benzene rings is 2. The lowest BCUT2D eigenvalue weighted by Crippen LogP contribution is -2.31. The second-order valence-electron chi connectivity index (χ2n) is 6.80. The summed E-state index contributed by atoms with van der Waals surface area (Å²) in [6.45, 7) is 4.30. The summed E-state index contributed by atoms with van der Waals surface area (Å²) >= 11 is 7.23. The molecule has 0 saturated carbocycles. The van der Waals surface area contributed by atoms with Crippen LogP contribution in [0.15, 0.2) is 59.8 Å². The van der Waals surface area contributed by atoms with E-state index in [-0.39, 0.29) is 17.7 Å². The van der Waals surface area contributed by atoms with Crippen LogP contribution in [-0.2, 0) is 4.79 Å². The average molecular weight is 416 g/mol. The van der Waals surface area contributed by atoms with Gasteiger partial charge in [-0.25, -0.2) is 0 Å². The minimum atomic E-state index is -0.0508. The molecule has 0 aliphatic rings. The minimum absolute atomic E-state index is 0.0124. The highest BCUT2D eigenvalue weighted by Crippen LogP contribution is 2.23. The Morgan fingerprint density at radius 3 is 2.54 bits per heavy atom. The number of aromatic nitrogens is 4. The molecule has 1 atom stereocenters. The second-order valence-corrected chi connectivity index (χ2v) is 8.18. The van der Waals surface area contributed by atoms with Crippen molar-refractivity contribution in [3.63, 3.8) is 0 Å². The van der Waals surface area contributed by atoms with E-state index in [2.05, 4.69) is 34.7 Å². The smallest absolute Gasteiger partial charge is 0.230 e. The first kappa shape index (κ1) is 20.4. The number of nitrogens with zero attached hydrogens (tertiary/aromatic N) is 4. The summed E-state index contributed by atoms with van der Waals surface area (Å²) < 4.78 is 1.59. The highest BCUT2D eigenvalue weighted by atomic mass is 35.5. The van der Waals surface area contributed by atoms with Gasteiger partial charge < -0.3 is 5.32 Å². The van der Waals surface area contributed by atoms with Gasteiger partial charge >= 0.3 is 0 Å². The largest absolute Gasteiger partial charge is 0.349 e. The van der Waals surface area contributed by atoms with Crippen LogP contribution in [0.25, 0.3) is 5.69 Å². The van der Waals surface area contributed by atoms with Crippen molar-refractivity contribution < 1.29 is 4.79 Å². The summed E-state index contributed by atoms with van der Waals surface area (Å²) in [6.07, 6.45) is 0.878. The first-order valence-corrected chi connectivity index (χ1v) is 10.4. The normalized spacial score (nSPS) is 12.1. The molecule has 1 unspecified atom stereocenters. The Hall–Kier alpha value is -2.38. The van der Waals surface area contributed by atoms with Crippen molar-refractivity contribution in [1.29, 1.82) is 0 Å². The summed E-state index contributed by atoms with van der Waals surface area (Å²) in [5, 5.41) is 16.1. The Balaban J connectivity index is 1.64. The van der Waals surface area contributed by atoms with Crippen LogP contribution >= 0.6 is 23.4 Å². The maximum absolute atomic E-state index is 12.6. The zero-order chi connectivity index (χ0) is 19.9. The molecule has 1 amide bonds. The Bertz CT molecular complexity index is 898. The standard InChI is InChI=1S/C20H22ClN5OS/c1-14(2)12-18(15-6-4-3-5-7-15)22-19(27)13-28-20-23-24-25-26(20)17-10-8-16(21)9-11-17/h3-11,14,18H,12-13H2,1-2H3,(H,22,27). The molecule has 0 radical (unpaired) electrons. The average Bonchev–Trinajstić information content (AvgIpc) is 3.15. The molecule has 1 N–H and O–H groups in total. The predicted molar refractivity (Wildman–Crippen MR) is 112 cm³/mol. The molecule has 0 aliphatic carbocycles. The number of tetrazole rings is 1. The summed E-state index contributed by atoms with van der Waals surface area (Å²) in [4.78, 5) is 12.6. The van der Waals surface area contributed by atoms with E-state index in [1.165, 1.54) is 11.8 Å². The second kappa shape index (κ2) is 9.71. The van der Waals surface area contributed by atoms with Gasteiger partial charge in [0.2, 0.25) is 11.1 Å². The van der Waals surface area contributed by atoms with E-state index < -0.39 is 0 Å². The SMILES string of the molecule is CC(C)CC(NC(=O)CSc1nnnn1-c1ccc(Cl)cc1)c1ccccc1. The van der Waals surface area contributed by atoms with Gasteiger partial charge in [-0.15, -0.1) is 5.10 Å². The van der Waals surface area contributed by atoms with E-state index in [9.17, 15) is 4.79 Å². The molecule has 3 rings (SSSR count). The lowest BCUT2D eigenvalue weighted by Gasteiger charge is -2.21. The van der Waals surface area contributed by atoms with Crippen molar-refractivity contribution >= 4 is 29.3 Å². The Morgan fingerprint density at radius 2 is 1.86 bits per heavy atom. The molecule has 6 nitrogen and oxygen atoms in total. The fraction of sp³-hybridized carbons (Fsp3) is 0.300. The number of thioether (sulfide) groups is 1. The first-order valence-electron chi connectivity index (χ1n) is 9.04. The Kier molecular flexibility index (Phi) is 7.06. The summed E-state index contributed by atoms with van der Waals surface area (Å²) in [7, 11) is 0. The molecule has 1 heterocycles. The number of carbonyl (C=O) groups is 1. The van der Waals surface area contributed by atoms with Crippen molar-refractivity contribution in [2.24, 2.45) is 5.92 Å². The van der Waals surface area contributed by atoms with E-state index in [1.807, 2.05) is 42.5 Å². The van der Waals surface area contributed by atoms with Gasteiger partial charge in [-0.2, -0.15) is 4.68 Å². The predicted octanol–water partition coefficient (Wildman–Crippen LogP) is 4.31. The van der Waals surface area contributed by atoms with Crippen molar-refractivity contribution in [3.8, 4) is 5.69 Å². The number of carbonyl (C=O) groups excluding carboxylic acids is 1. The highest BCUT2D eigenvalue weighted by molar-refractivity contribution is 7.99. The lowest BCUT2D eigenvalue weighted by atomic mass is 9.97. The van der Waals surface area contributed by atoms with E-state index in [1.54, 1.807) is 16.8 Å². The molecule has 1 aromatic heterocycles. The van der Waals surface area contributed by atoms with E-state index in [0.29, 0.717) is 16.1 Å². The number of amides is 1. The highest BCUT2D eigenvalue weighted by Gasteiger charge is 2.17.